The molecule has 16 heteroatoms. The Labute approximate surface area is 316 Å². The Morgan fingerprint density at radius 2 is 1.42 bits per heavy atom. The summed E-state index contributed by atoms with van der Waals surface area (Å²) >= 11 is 1.15. The van der Waals surface area contributed by atoms with Crippen LogP contribution in [0.15, 0.2) is 82.7 Å². The van der Waals surface area contributed by atoms with E-state index in [9.17, 15) is 44.3 Å². The van der Waals surface area contributed by atoms with Crippen LogP contribution in [0.5, 0.6) is 0 Å². The molecule has 0 amide bonds. The highest BCUT2D eigenvalue weighted by molar-refractivity contribution is 7.99. The molecule has 55 heavy (non-hydrogen) atoms. The van der Waals surface area contributed by atoms with Gasteiger partial charge in [-0.2, -0.15) is 39.5 Å². The van der Waals surface area contributed by atoms with E-state index < -0.39 is 47.1 Å². The summed E-state index contributed by atoms with van der Waals surface area (Å²) in [6.07, 6.45) is -10.1. The number of carboxylic acid groups (broad SMARTS) is 1. The zero-order valence-corrected chi connectivity index (χ0v) is 30.6. The average Bonchev–Trinajstić information content (AvgIpc) is 3.12. The van der Waals surface area contributed by atoms with Gasteiger partial charge in [0.05, 0.1) is 27.3 Å². The lowest BCUT2D eigenvalue weighted by molar-refractivity contribution is -0.143. The molecule has 0 bridgehead atoms. The highest BCUT2D eigenvalue weighted by Crippen LogP contribution is 2.41. The molecule has 2 atom stereocenters. The van der Waals surface area contributed by atoms with E-state index in [0.29, 0.717) is 34.0 Å². The first-order valence-electron chi connectivity index (χ1n) is 17.6. The molecule has 1 saturated carbocycles. The molecule has 1 heterocycles. The number of anilines is 1. The van der Waals surface area contributed by atoms with Gasteiger partial charge in [-0.25, -0.2) is 9.97 Å². The number of hydrogen-bond donors (Lipinski definition) is 3. The molecule has 5 rings (SSSR count). The molecular formula is C39H39F9N4O2S. The number of hydrogen-bond acceptors (Lipinski definition) is 6. The van der Waals surface area contributed by atoms with Gasteiger partial charge in [-0.15, -0.1) is 0 Å². The van der Waals surface area contributed by atoms with Gasteiger partial charge in [0, 0.05) is 36.0 Å². The van der Waals surface area contributed by atoms with Crippen molar-refractivity contribution < 1.29 is 49.4 Å². The van der Waals surface area contributed by atoms with Crippen LogP contribution in [0.3, 0.4) is 0 Å². The number of nitrogens with one attached hydrogen (secondary N) is 2. The van der Waals surface area contributed by atoms with Crippen LogP contribution in [-0.2, 0) is 29.9 Å². The van der Waals surface area contributed by atoms with Crippen LogP contribution in [-0.4, -0.2) is 27.6 Å². The molecule has 1 aliphatic carbocycles. The molecular weight excluding hydrogens is 760 g/mol. The van der Waals surface area contributed by atoms with Crippen molar-refractivity contribution in [3.05, 3.63) is 112 Å². The first kappa shape index (κ1) is 41.8. The highest BCUT2D eigenvalue weighted by Gasteiger charge is 2.38. The number of nitrogens with zero attached hydrogens (tertiary/aromatic N) is 2. The first-order valence-corrected chi connectivity index (χ1v) is 18.4. The normalized spacial score (nSPS) is 17.8. The smallest absolute Gasteiger partial charge is 0.416 e. The van der Waals surface area contributed by atoms with Crippen LogP contribution in [0.1, 0.15) is 97.0 Å². The van der Waals surface area contributed by atoms with Gasteiger partial charge < -0.3 is 15.7 Å². The van der Waals surface area contributed by atoms with Crippen LogP contribution in [0.25, 0.3) is 0 Å². The minimum atomic E-state index is -5.06. The van der Waals surface area contributed by atoms with Gasteiger partial charge in [0.1, 0.15) is 0 Å². The van der Waals surface area contributed by atoms with Crippen LogP contribution in [0, 0.1) is 11.8 Å². The second-order valence-electron chi connectivity index (χ2n) is 13.8. The topological polar surface area (TPSA) is 87.1 Å². The van der Waals surface area contributed by atoms with E-state index in [1.54, 1.807) is 30.3 Å². The van der Waals surface area contributed by atoms with Gasteiger partial charge in [0.2, 0.25) is 5.95 Å². The Morgan fingerprint density at radius 3 is 2.00 bits per heavy atom. The summed E-state index contributed by atoms with van der Waals surface area (Å²) < 4.78 is 124. The Bertz CT molecular complexity index is 1900. The molecule has 3 aromatic carbocycles. The SMILES string of the molecule is CC(NCC1CCC(CC(=O)O)CC1)c1ccc(C(F)(F)F)cc1CNc1ncc(Sc2ccccc2)c([C@@H](C)c2cc(C(F)(F)F)cc(C(F)(F)F)c2)n1. The lowest BCUT2D eigenvalue weighted by Crippen LogP contribution is -2.29. The molecule has 1 aromatic heterocycles. The largest absolute Gasteiger partial charge is 0.481 e. The van der Waals surface area contributed by atoms with Gasteiger partial charge >= 0.3 is 24.5 Å². The van der Waals surface area contributed by atoms with E-state index in [1.165, 1.54) is 19.2 Å². The second kappa shape index (κ2) is 17.2. The van der Waals surface area contributed by atoms with Crippen molar-refractivity contribution in [3.63, 3.8) is 0 Å². The second-order valence-corrected chi connectivity index (χ2v) is 14.9. The predicted octanol–water partition coefficient (Wildman–Crippen LogP) is 11.4. The van der Waals surface area contributed by atoms with Crippen molar-refractivity contribution in [2.75, 3.05) is 11.9 Å². The summed E-state index contributed by atoms with van der Waals surface area (Å²) in [6.45, 7) is 3.63. The Balaban J connectivity index is 1.43. The van der Waals surface area contributed by atoms with Crippen LogP contribution in [0.2, 0.25) is 0 Å². The van der Waals surface area contributed by atoms with Gasteiger partial charge in [-0.3, -0.25) is 4.79 Å². The summed E-state index contributed by atoms with van der Waals surface area (Å²) in [7, 11) is 0. The molecule has 0 saturated heterocycles. The maximum Gasteiger partial charge on any atom is 0.416 e. The van der Waals surface area contributed by atoms with Crippen LogP contribution >= 0.6 is 11.8 Å². The van der Waals surface area contributed by atoms with Crippen LogP contribution in [0.4, 0.5) is 45.5 Å². The minimum absolute atomic E-state index is 0.0538. The van der Waals surface area contributed by atoms with Crippen molar-refractivity contribution in [1.82, 2.24) is 15.3 Å². The molecule has 4 aromatic rings. The molecule has 0 radical (unpaired) electrons. The molecule has 3 N–H and O–H groups in total. The van der Waals surface area contributed by atoms with Crippen molar-refractivity contribution >= 4 is 23.7 Å². The molecule has 1 aliphatic rings. The number of halogens is 9. The molecule has 0 spiro atoms. The molecule has 1 unspecified atom stereocenters. The lowest BCUT2D eigenvalue weighted by Gasteiger charge is -2.29. The lowest BCUT2D eigenvalue weighted by atomic mass is 9.80. The molecule has 296 valence electrons. The van der Waals surface area contributed by atoms with E-state index in [0.717, 1.165) is 49.6 Å². The zero-order valence-electron chi connectivity index (χ0n) is 29.7. The predicted molar refractivity (Wildman–Crippen MR) is 189 cm³/mol. The summed E-state index contributed by atoms with van der Waals surface area (Å²) in [5.74, 6) is -1.63. The van der Waals surface area contributed by atoms with Crippen molar-refractivity contribution in [3.8, 4) is 0 Å². The van der Waals surface area contributed by atoms with Crippen molar-refractivity contribution in [1.29, 1.82) is 0 Å². The van der Waals surface area contributed by atoms with E-state index in [1.807, 2.05) is 6.92 Å². The van der Waals surface area contributed by atoms with E-state index in [4.69, 9.17) is 5.11 Å². The van der Waals surface area contributed by atoms with Crippen molar-refractivity contribution in [2.24, 2.45) is 11.8 Å². The van der Waals surface area contributed by atoms with E-state index in [2.05, 4.69) is 20.6 Å². The zero-order chi connectivity index (χ0) is 40.1. The maximum absolute atomic E-state index is 13.9. The number of rotatable bonds is 13. The maximum atomic E-state index is 13.9. The summed E-state index contributed by atoms with van der Waals surface area (Å²) in [5.41, 5.74) is -3.18. The van der Waals surface area contributed by atoms with Gasteiger partial charge in [0.25, 0.3) is 0 Å². The summed E-state index contributed by atoms with van der Waals surface area (Å²) in [4.78, 5) is 21.0. The monoisotopic (exact) mass is 798 g/mol. The number of alkyl halides is 9. The van der Waals surface area contributed by atoms with Crippen molar-refractivity contribution in [2.45, 2.75) is 92.8 Å². The fraction of sp³-hybridized carbons (Fsp3) is 0.410. The number of carbonyl (C=O) groups is 1. The number of carboxylic acids is 1. The molecule has 6 nitrogen and oxygen atoms in total. The number of aliphatic carboxylic acids is 1. The Hall–Kier alpha value is -4.31. The third kappa shape index (κ3) is 11.4. The first-order chi connectivity index (χ1) is 25.8. The molecule has 0 aliphatic heterocycles. The summed E-state index contributed by atoms with van der Waals surface area (Å²) in [6, 6.07) is 13.1. The highest BCUT2D eigenvalue weighted by atomic mass is 32.2. The third-order valence-corrected chi connectivity index (χ3v) is 10.8. The Morgan fingerprint density at radius 1 is 0.818 bits per heavy atom. The van der Waals surface area contributed by atoms with E-state index in [-0.39, 0.29) is 59.7 Å². The van der Waals surface area contributed by atoms with Gasteiger partial charge in [-0.1, -0.05) is 43.0 Å². The van der Waals surface area contributed by atoms with Crippen LogP contribution < -0.4 is 10.6 Å². The average molecular weight is 799 g/mol. The third-order valence-electron chi connectivity index (χ3n) is 9.79. The minimum Gasteiger partial charge on any atom is -0.481 e. The van der Waals surface area contributed by atoms with E-state index >= 15 is 0 Å². The van der Waals surface area contributed by atoms with Gasteiger partial charge in [0.15, 0.2) is 0 Å². The Kier molecular flexibility index (Phi) is 13.1. The molecule has 1 fully saturated rings. The van der Waals surface area contributed by atoms with Gasteiger partial charge in [-0.05, 0) is 110 Å². The quantitative estimate of drug-likeness (QED) is 0.116. The standard InChI is InChI=1S/C39H39F9N4O2S/c1-22(26-15-29(38(43,44)45)18-30(16-26)39(46,47)48)35-33(55-31-6-4-3-5-7-31)21-51-36(52-35)50-20-27-17-28(37(40,41)42)12-13-32(27)23(2)49-19-25-10-8-24(9-11-25)14-34(53)54/h3-7,12-13,15-18,21-25,49H,8-11,14,19-20H2,1-2H3,(H,53,54)(H,50,51,52)/t22-,23?,24?,25?/m0/s1. The summed E-state index contributed by atoms with van der Waals surface area (Å²) in [5, 5.41) is 15.4. The fourth-order valence-corrected chi connectivity index (χ4v) is 7.71. The number of benzene rings is 3. The number of aromatic nitrogens is 2. The fourth-order valence-electron chi connectivity index (χ4n) is 6.73.